The Labute approximate surface area is 136 Å². The molecule has 1 aliphatic rings. The van der Waals surface area contributed by atoms with Gasteiger partial charge in [0.15, 0.2) is 5.69 Å². The summed E-state index contributed by atoms with van der Waals surface area (Å²) in [6, 6.07) is 9.12. The Balaban J connectivity index is 1.58. The van der Waals surface area contributed by atoms with Gasteiger partial charge in [-0.1, -0.05) is 49.6 Å². The number of carbonyl (C=O) groups excluding carboxylic acids is 1. The van der Waals surface area contributed by atoms with Crippen molar-refractivity contribution in [1.82, 2.24) is 10.3 Å². The van der Waals surface area contributed by atoms with Crippen LogP contribution in [0.1, 0.15) is 60.1 Å². The summed E-state index contributed by atoms with van der Waals surface area (Å²) >= 11 is 0. The van der Waals surface area contributed by atoms with E-state index in [9.17, 15) is 4.79 Å². The molecule has 5 nitrogen and oxygen atoms in total. The number of hydrogen-bond donors (Lipinski definition) is 2. The molecule has 0 spiro atoms. The maximum absolute atomic E-state index is 12.2. The van der Waals surface area contributed by atoms with Gasteiger partial charge >= 0.3 is 0 Å². The van der Waals surface area contributed by atoms with Crippen LogP contribution in [0, 0.1) is 5.92 Å². The Morgan fingerprint density at radius 3 is 2.74 bits per heavy atom. The van der Waals surface area contributed by atoms with E-state index in [1.807, 2.05) is 30.3 Å². The molecule has 1 aromatic carbocycles. The second-order valence-corrected chi connectivity index (χ2v) is 6.17. The molecule has 122 valence electrons. The fourth-order valence-electron chi connectivity index (χ4n) is 3.06. The largest absolute Gasteiger partial charge is 0.446 e. The first kappa shape index (κ1) is 15.7. The molecule has 1 saturated carbocycles. The van der Waals surface area contributed by atoms with Gasteiger partial charge in [-0.2, -0.15) is 0 Å². The van der Waals surface area contributed by atoms with E-state index in [-0.39, 0.29) is 5.91 Å². The normalized spacial score (nSPS) is 16.9. The Morgan fingerprint density at radius 2 is 2.00 bits per heavy atom. The summed E-state index contributed by atoms with van der Waals surface area (Å²) in [6.07, 6.45) is 7.62. The van der Waals surface area contributed by atoms with Gasteiger partial charge in [-0.05, 0) is 24.3 Å². The average Bonchev–Trinajstić information content (AvgIpc) is 3.11. The summed E-state index contributed by atoms with van der Waals surface area (Å²) in [5.41, 5.74) is 7.33. The van der Waals surface area contributed by atoms with Crippen LogP contribution in [-0.2, 0) is 0 Å². The summed E-state index contributed by atoms with van der Waals surface area (Å²) in [4.78, 5) is 16.4. The van der Waals surface area contributed by atoms with Crippen LogP contribution in [0.25, 0.3) is 0 Å². The van der Waals surface area contributed by atoms with E-state index in [2.05, 4.69) is 10.3 Å². The molecule has 2 aromatic rings. The molecule has 3 N–H and O–H groups in total. The van der Waals surface area contributed by atoms with Crippen LogP contribution in [0.3, 0.4) is 0 Å². The minimum Gasteiger partial charge on any atom is -0.446 e. The van der Waals surface area contributed by atoms with Gasteiger partial charge in [0.2, 0.25) is 5.89 Å². The lowest BCUT2D eigenvalue weighted by molar-refractivity contribution is 0.0938. The molecule has 5 heteroatoms. The highest BCUT2D eigenvalue weighted by atomic mass is 16.3. The molecule has 1 heterocycles. The molecular formula is C18H23N3O2. The zero-order chi connectivity index (χ0) is 16.1. The minimum atomic E-state index is -0.462. The summed E-state index contributed by atoms with van der Waals surface area (Å²) in [6.45, 7) is 0.714. The highest BCUT2D eigenvalue weighted by Crippen LogP contribution is 2.23. The summed E-state index contributed by atoms with van der Waals surface area (Å²) in [7, 11) is 0. The van der Waals surface area contributed by atoms with Gasteiger partial charge in [0.05, 0.1) is 0 Å². The first-order valence-electron chi connectivity index (χ1n) is 8.28. The number of nitrogens with zero attached hydrogens (tertiary/aromatic N) is 1. The Bertz CT molecular complexity index is 633. The number of hydrogen-bond acceptors (Lipinski definition) is 4. The van der Waals surface area contributed by atoms with Crippen molar-refractivity contribution in [3.63, 3.8) is 0 Å². The SMILES string of the molecule is NC(c1ccccc1)c1nc(C(=O)NCC2CCCCC2)co1. The number of benzene rings is 1. The summed E-state index contributed by atoms with van der Waals surface area (Å²) < 4.78 is 5.40. The van der Waals surface area contributed by atoms with Gasteiger partial charge in [-0.25, -0.2) is 4.98 Å². The number of oxazole rings is 1. The van der Waals surface area contributed by atoms with Crippen LogP contribution >= 0.6 is 0 Å². The molecule has 1 aliphatic carbocycles. The van der Waals surface area contributed by atoms with Crippen molar-refractivity contribution < 1.29 is 9.21 Å². The van der Waals surface area contributed by atoms with E-state index in [4.69, 9.17) is 10.2 Å². The second kappa shape index (κ2) is 7.42. The summed E-state index contributed by atoms with van der Waals surface area (Å²) in [5, 5.41) is 2.96. The highest BCUT2D eigenvalue weighted by molar-refractivity contribution is 5.91. The molecule has 0 bridgehead atoms. The topological polar surface area (TPSA) is 81.1 Å². The third-order valence-corrected chi connectivity index (χ3v) is 4.46. The van der Waals surface area contributed by atoms with Crippen LogP contribution in [0.15, 0.2) is 41.0 Å². The molecule has 3 rings (SSSR count). The van der Waals surface area contributed by atoms with Gasteiger partial charge in [0.25, 0.3) is 5.91 Å². The number of nitrogens with one attached hydrogen (secondary N) is 1. The van der Waals surface area contributed by atoms with E-state index >= 15 is 0 Å². The van der Waals surface area contributed by atoms with E-state index in [0.29, 0.717) is 24.0 Å². The third kappa shape index (κ3) is 3.99. The molecular weight excluding hydrogens is 290 g/mol. The predicted molar refractivity (Wildman–Crippen MR) is 87.9 cm³/mol. The number of nitrogens with two attached hydrogens (primary N) is 1. The second-order valence-electron chi connectivity index (χ2n) is 6.17. The number of amides is 1. The van der Waals surface area contributed by atoms with Crippen LogP contribution in [-0.4, -0.2) is 17.4 Å². The standard InChI is InChI=1S/C18H23N3O2/c19-16(14-9-5-2-6-10-14)18-21-15(12-23-18)17(22)20-11-13-7-3-1-4-8-13/h2,5-6,9-10,12-13,16H,1,3-4,7-8,11,19H2,(H,20,22). The van der Waals surface area contributed by atoms with Crippen molar-refractivity contribution >= 4 is 5.91 Å². The van der Waals surface area contributed by atoms with Gasteiger partial charge in [-0.15, -0.1) is 0 Å². The van der Waals surface area contributed by atoms with Gasteiger partial charge in [0, 0.05) is 6.54 Å². The fourth-order valence-corrected chi connectivity index (χ4v) is 3.06. The smallest absolute Gasteiger partial charge is 0.273 e. The van der Waals surface area contributed by atoms with Crippen molar-refractivity contribution in [2.75, 3.05) is 6.54 Å². The first-order valence-corrected chi connectivity index (χ1v) is 8.28. The minimum absolute atomic E-state index is 0.189. The lowest BCUT2D eigenvalue weighted by Gasteiger charge is -2.21. The predicted octanol–water partition coefficient (Wildman–Crippen LogP) is 3.03. The van der Waals surface area contributed by atoms with Crippen LogP contribution in [0.4, 0.5) is 0 Å². The molecule has 23 heavy (non-hydrogen) atoms. The van der Waals surface area contributed by atoms with Gasteiger partial charge in [0.1, 0.15) is 12.3 Å². The molecule has 1 fully saturated rings. The molecule has 1 aromatic heterocycles. The number of carbonyl (C=O) groups is 1. The number of rotatable bonds is 5. The lowest BCUT2D eigenvalue weighted by atomic mass is 9.89. The maximum atomic E-state index is 12.2. The molecule has 0 aliphatic heterocycles. The summed E-state index contributed by atoms with van der Waals surface area (Å²) in [5.74, 6) is 0.760. The molecule has 0 saturated heterocycles. The molecule has 1 atom stereocenters. The third-order valence-electron chi connectivity index (χ3n) is 4.46. The van der Waals surface area contributed by atoms with E-state index in [1.54, 1.807) is 0 Å². The van der Waals surface area contributed by atoms with Crippen molar-refractivity contribution in [1.29, 1.82) is 0 Å². The zero-order valence-corrected chi connectivity index (χ0v) is 13.2. The quantitative estimate of drug-likeness (QED) is 0.889. The Kier molecular flexibility index (Phi) is 5.08. The van der Waals surface area contributed by atoms with Crippen LogP contribution < -0.4 is 11.1 Å². The van der Waals surface area contributed by atoms with Crippen molar-refractivity contribution in [2.24, 2.45) is 11.7 Å². The molecule has 1 unspecified atom stereocenters. The average molecular weight is 313 g/mol. The zero-order valence-electron chi connectivity index (χ0n) is 13.2. The van der Waals surface area contributed by atoms with Crippen LogP contribution in [0.2, 0.25) is 0 Å². The fraction of sp³-hybridized carbons (Fsp3) is 0.444. The Hall–Kier alpha value is -2.14. The van der Waals surface area contributed by atoms with E-state index in [0.717, 1.165) is 5.56 Å². The van der Waals surface area contributed by atoms with Crippen molar-refractivity contribution in [3.05, 3.63) is 53.7 Å². The monoisotopic (exact) mass is 313 g/mol. The number of aromatic nitrogens is 1. The van der Waals surface area contributed by atoms with Gasteiger partial charge in [-0.3, -0.25) is 4.79 Å². The van der Waals surface area contributed by atoms with Crippen molar-refractivity contribution in [2.45, 2.75) is 38.1 Å². The molecule has 0 radical (unpaired) electrons. The Morgan fingerprint density at radius 1 is 1.26 bits per heavy atom. The van der Waals surface area contributed by atoms with E-state index in [1.165, 1.54) is 38.4 Å². The highest BCUT2D eigenvalue weighted by Gasteiger charge is 2.19. The first-order chi connectivity index (χ1) is 11.2. The maximum Gasteiger partial charge on any atom is 0.273 e. The van der Waals surface area contributed by atoms with E-state index < -0.39 is 6.04 Å². The lowest BCUT2D eigenvalue weighted by Crippen LogP contribution is -2.30. The van der Waals surface area contributed by atoms with Gasteiger partial charge < -0.3 is 15.5 Å². The van der Waals surface area contributed by atoms with Crippen LogP contribution in [0.5, 0.6) is 0 Å². The van der Waals surface area contributed by atoms with Crippen molar-refractivity contribution in [3.8, 4) is 0 Å². The molecule has 1 amide bonds.